The van der Waals surface area contributed by atoms with E-state index in [-0.39, 0.29) is 22.3 Å². The van der Waals surface area contributed by atoms with Gasteiger partial charge in [-0.3, -0.25) is 14.4 Å². The van der Waals surface area contributed by atoms with E-state index in [0.717, 1.165) is 23.6 Å². The number of amides is 2. The fourth-order valence-electron chi connectivity index (χ4n) is 3.82. The van der Waals surface area contributed by atoms with E-state index >= 15 is 0 Å². The maximum atomic E-state index is 14.1. The van der Waals surface area contributed by atoms with Gasteiger partial charge in [-0.1, -0.05) is 18.5 Å². The van der Waals surface area contributed by atoms with Crippen molar-refractivity contribution in [2.24, 2.45) is 0 Å². The first-order chi connectivity index (χ1) is 18.4. The average molecular weight is 607 g/mol. The lowest BCUT2D eigenvalue weighted by Crippen LogP contribution is -2.32. The number of benzene rings is 2. The van der Waals surface area contributed by atoms with Gasteiger partial charge >= 0.3 is 12.1 Å². The predicted molar refractivity (Wildman–Crippen MR) is 134 cm³/mol. The monoisotopic (exact) mass is 606 g/mol. The average Bonchev–Trinajstić information content (AvgIpc) is 3.15. The lowest BCUT2D eigenvalue weighted by molar-refractivity contribution is -0.137. The molecule has 214 valence electrons. The van der Waals surface area contributed by atoms with Gasteiger partial charge in [0.05, 0.1) is 24.1 Å². The second kappa shape index (κ2) is 11.3. The first-order valence-electron chi connectivity index (χ1n) is 11.1. The van der Waals surface area contributed by atoms with Crippen LogP contribution in [0, 0.1) is 11.6 Å². The van der Waals surface area contributed by atoms with Gasteiger partial charge in [0.25, 0.3) is 5.91 Å². The van der Waals surface area contributed by atoms with E-state index in [1.165, 1.54) is 13.0 Å². The van der Waals surface area contributed by atoms with Gasteiger partial charge in [0.15, 0.2) is 5.82 Å². The van der Waals surface area contributed by atoms with Gasteiger partial charge in [0, 0.05) is 16.5 Å². The molecule has 0 aliphatic heterocycles. The molecule has 0 radical (unpaired) electrons. The Kier molecular flexibility index (Phi) is 8.69. The van der Waals surface area contributed by atoms with Gasteiger partial charge in [-0.15, -0.1) is 0 Å². The number of carbonyl (C=O) groups excluding carboxylic acids is 3. The fourth-order valence-corrected chi connectivity index (χ4v) is 4.53. The molecule has 1 heterocycles. The minimum Gasteiger partial charge on any atom is -0.314 e. The molecule has 1 aromatic heterocycles. The molecular formula is C24H20ClF5N4O5S. The lowest BCUT2D eigenvalue weighted by atomic mass is 9.96. The second-order valence-corrected chi connectivity index (χ2v) is 10.9. The summed E-state index contributed by atoms with van der Waals surface area (Å²) in [6, 6.07) is 4.40. The molecule has 40 heavy (non-hydrogen) atoms. The van der Waals surface area contributed by atoms with E-state index in [2.05, 4.69) is 10.3 Å². The number of imidazole rings is 1. The van der Waals surface area contributed by atoms with Crippen LogP contribution in [0.3, 0.4) is 0 Å². The number of Topliss-reactive ketones (excluding diaryl/α,β-unsaturated/α-hetero) is 1. The fraction of sp³-hybridized carbons (Fsp3) is 0.250. The van der Waals surface area contributed by atoms with Gasteiger partial charge in [-0.25, -0.2) is 26.9 Å². The Bertz CT molecular complexity index is 1620. The highest BCUT2D eigenvalue weighted by Gasteiger charge is 2.33. The van der Waals surface area contributed by atoms with Gasteiger partial charge in [-0.05, 0) is 48.9 Å². The third kappa shape index (κ3) is 7.21. The minimum atomic E-state index is -4.98. The Labute approximate surface area is 229 Å². The van der Waals surface area contributed by atoms with Gasteiger partial charge in [0.2, 0.25) is 15.8 Å². The third-order valence-electron chi connectivity index (χ3n) is 5.42. The Morgan fingerprint density at radius 3 is 2.27 bits per heavy atom. The number of rotatable bonds is 8. The molecule has 16 heteroatoms. The highest BCUT2D eigenvalue weighted by Crippen LogP contribution is 2.36. The first-order valence-corrected chi connectivity index (χ1v) is 13.4. The summed E-state index contributed by atoms with van der Waals surface area (Å²) in [6.45, 7) is 1.98. The van der Waals surface area contributed by atoms with Crippen LogP contribution in [0.2, 0.25) is 5.02 Å². The van der Waals surface area contributed by atoms with Crippen molar-refractivity contribution in [3.63, 3.8) is 0 Å². The van der Waals surface area contributed by atoms with Crippen LogP contribution >= 0.6 is 11.6 Å². The molecule has 0 saturated carbocycles. The number of halogens is 6. The van der Waals surface area contributed by atoms with Crippen LogP contribution in [0.15, 0.2) is 36.4 Å². The van der Waals surface area contributed by atoms with Gasteiger partial charge in [0.1, 0.15) is 17.4 Å². The summed E-state index contributed by atoms with van der Waals surface area (Å²) < 4.78 is 93.6. The zero-order chi connectivity index (χ0) is 30.2. The molecule has 9 nitrogen and oxygen atoms in total. The Morgan fingerprint density at radius 2 is 1.70 bits per heavy atom. The summed E-state index contributed by atoms with van der Waals surface area (Å²) in [5.41, 5.74) is -2.27. The Morgan fingerprint density at radius 1 is 1.05 bits per heavy atom. The molecule has 3 aromatic rings. The molecule has 0 bridgehead atoms. The number of alkyl halides is 3. The molecule has 3 rings (SSSR count). The van der Waals surface area contributed by atoms with Crippen molar-refractivity contribution in [3.05, 3.63) is 81.3 Å². The normalized spacial score (nSPS) is 12.6. The molecule has 0 aliphatic rings. The van der Waals surface area contributed by atoms with Crippen LogP contribution in [-0.2, 0) is 27.5 Å². The molecule has 0 saturated heterocycles. The number of nitrogens with one attached hydrogen (secondary N) is 2. The highest BCUT2D eigenvalue weighted by molar-refractivity contribution is 7.89. The van der Waals surface area contributed by atoms with Crippen molar-refractivity contribution in [2.45, 2.75) is 32.5 Å². The number of hydrogen-bond acceptors (Lipinski definition) is 6. The predicted octanol–water partition coefficient (Wildman–Crippen LogP) is 4.52. The largest absolute Gasteiger partial charge is 0.416 e. The summed E-state index contributed by atoms with van der Waals surface area (Å²) >= 11 is 6.23. The lowest BCUT2D eigenvalue weighted by Gasteiger charge is -2.19. The van der Waals surface area contributed by atoms with Crippen LogP contribution in [0.25, 0.3) is 0 Å². The van der Waals surface area contributed by atoms with E-state index in [1.54, 1.807) is 4.72 Å². The highest BCUT2D eigenvalue weighted by atomic mass is 35.5. The summed E-state index contributed by atoms with van der Waals surface area (Å²) in [4.78, 5) is 41.8. The van der Waals surface area contributed by atoms with Crippen molar-refractivity contribution in [1.29, 1.82) is 0 Å². The maximum absolute atomic E-state index is 14.1. The maximum Gasteiger partial charge on any atom is 0.416 e. The van der Waals surface area contributed by atoms with Gasteiger partial charge in [-0.2, -0.15) is 13.2 Å². The molecule has 2 N–H and O–H groups in total. The van der Waals surface area contributed by atoms with Crippen LogP contribution in [0.4, 0.5) is 27.8 Å². The summed E-state index contributed by atoms with van der Waals surface area (Å²) in [6.07, 6.45) is -4.31. The van der Waals surface area contributed by atoms with Crippen molar-refractivity contribution >= 4 is 45.0 Å². The quantitative estimate of drug-likeness (QED) is 0.363. The molecule has 0 unspecified atom stereocenters. The number of sulfonamides is 1. The molecule has 0 aliphatic carbocycles. The zero-order valence-electron chi connectivity index (χ0n) is 20.9. The van der Waals surface area contributed by atoms with E-state index < -0.39 is 80.7 Å². The molecular weight excluding hydrogens is 587 g/mol. The van der Waals surface area contributed by atoms with E-state index in [4.69, 9.17) is 11.6 Å². The Balaban J connectivity index is 2.24. The zero-order valence-corrected chi connectivity index (χ0v) is 22.4. The van der Waals surface area contributed by atoms with Crippen LogP contribution < -0.4 is 10.0 Å². The SMILES string of the molecule is CC(=O)Cn1c(C(=O)NS(C)(=O)=O)nc(NC(=O)c2cc(F)cc(C(F)(F)F)c2)c1[C@@H](C)c1cc(F)ccc1Cl. The summed E-state index contributed by atoms with van der Waals surface area (Å²) in [7, 11) is -4.14. The molecule has 0 spiro atoms. The number of aromatic nitrogens is 2. The molecule has 0 fully saturated rings. The number of hydrogen-bond donors (Lipinski definition) is 2. The number of ketones is 1. The topological polar surface area (TPSA) is 127 Å². The van der Waals surface area contributed by atoms with E-state index in [0.29, 0.717) is 18.4 Å². The molecule has 1 atom stereocenters. The van der Waals surface area contributed by atoms with Crippen molar-refractivity contribution in [2.75, 3.05) is 11.6 Å². The smallest absolute Gasteiger partial charge is 0.314 e. The summed E-state index contributed by atoms with van der Waals surface area (Å²) in [5.74, 6) is -7.46. The minimum absolute atomic E-state index is 0.0313. The van der Waals surface area contributed by atoms with Crippen LogP contribution in [0.5, 0.6) is 0 Å². The van der Waals surface area contributed by atoms with Crippen LogP contribution in [-0.4, -0.2) is 41.8 Å². The molecule has 2 amide bonds. The third-order valence-corrected chi connectivity index (χ3v) is 6.32. The number of nitrogens with zero attached hydrogens (tertiary/aromatic N) is 2. The number of carbonyl (C=O) groups is 3. The Hall–Kier alpha value is -3.85. The van der Waals surface area contributed by atoms with Crippen molar-refractivity contribution < 1.29 is 44.8 Å². The van der Waals surface area contributed by atoms with Crippen LogP contribution in [0.1, 0.15) is 57.6 Å². The van der Waals surface area contributed by atoms with Gasteiger partial charge < -0.3 is 9.88 Å². The van der Waals surface area contributed by atoms with E-state index in [1.807, 2.05) is 0 Å². The summed E-state index contributed by atoms with van der Waals surface area (Å²) in [5, 5.41) is 2.22. The molecule has 2 aromatic carbocycles. The number of anilines is 1. The standard InChI is InChI=1S/C24H20ClF5N4O5S/c1-11(35)10-34-19(12(2)17-9-15(26)4-5-18(17)25)20(31-21(34)23(37)33-40(3,38)39)32-22(36)13-6-14(24(28,29)30)8-16(27)7-13/h4-9,12H,10H2,1-3H3,(H,32,36)(H,33,37)/t12-/m0/s1. The van der Waals surface area contributed by atoms with E-state index in [9.17, 15) is 44.8 Å². The second-order valence-electron chi connectivity index (χ2n) is 8.73. The van der Waals surface area contributed by atoms with Crippen molar-refractivity contribution in [1.82, 2.24) is 14.3 Å². The van der Waals surface area contributed by atoms with Crippen molar-refractivity contribution in [3.8, 4) is 0 Å². The first kappa shape index (κ1) is 30.7.